The number of nitriles is 1. The van der Waals surface area contributed by atoms with E-state index >= 15 is 0 Å². The van der Waals surface area contributed by atoms with Crippen molar-refractivity contribution in [2.75, 3.05) is 0 Å². The molecule has 1 N–H and O–H groups in total. The zero-order valence-electron chi connectivity index (χ0n) is 7.98. The van der Waals surface area contributed by atoms with Crippen LogP contribution in [-0.2, 0) is 5.41 Å². The first-order valence-electron chi connectivity index (χ1n) is 4.93. The van der Waals surface area contributed by atoms with Crippen LogP contribution in [0.3, 0.4) is 0 Å². The number of rotatable bonds is 2. The minimum atomic E-state index is -0.862. The first-order valence-corrected chi connectivity index (χ1v) is 4.93. The second-order valence-corrected chi connectivity index (χ2v) is 3.91. The molecular weight excluding hydrogens is 174 g/mol. The van der Waals surface area contributed by atoms with E-state index in [0.717, 1.165) is 24.8 Å². The van der Waals surface area contributed by atoms with Crippen LogP contribution in [0.15, 0.2) is 30.3 Å². The van der Waals surface area contributed by atoms with Gasteiger partial charge in [0.05, 0.1) is 6.07 Å². The van der Waals surface area contributed by atoms with E-state index in [4.69, 9.17) is 5.26 Å². The zero-order chi connectivity index (χ0) is 10.0. The largest absolute Gasteiger partial charge is 0.377 e. The van der Waals surface area contributed by atoms with E-state index in [0.29, 0.717) is 0 Å². The lowest BCUT2D eigenvalue weighted by Crippen LogP contribution is -2.44. The van der Waals surface area contributed by atoms with Gasteiger partial charge in [0.25, 0.3) is 0 Å². The fraction of sp³-hybridized carbons (Fsp3) is 0.417. The highest BCUT2D eigenvalue weighted by Gasteiger charge is 2.44. The normalized spacial score (nSPS) is 20.6. The van der Waals surface area contributed by atoms with Crippen LogP contribution in [0.4, 0.5) is 0 Å². The molecule has 0 aromatic heterocycles. The van der Waals surface area contributed by atoms with E-state index in [1.54, 1.807) is 0 Å². The molecule has 1 aromatic rings. The average molecular weight is 187 g/mol. The topological polar surface area (TPSA) is 44.0 Å². The van der Waals surface area contributed by atoms with E-state index in [9.17, 15) is 5.11 Å². The maximum absolute atomic E-state index is 9.72. The predicted octanol–water partition coefficient (Wildman–Crippen LogP) is 1.99. The van der Waals surface area contributed by atoms with Gasteiger partial charge in [0.15, 0.2) is 0 Å². The molecule has 0 saturated heterocycles. The van der Waals surface area contributed by atoms with Crippen molar-refractivity contribution in [3.05, 3.63) is 35.9 Å². The van der Waals surface area contributed by atoms with Crippen molar-refractivity contribution in [1.29, 1.82) is 5.26 Å². The molecule has 2 rings (SSSR count). The van der Waals surface area contributed by atoms with Gasteiger partial charge >= 0.3 is 0 Å². The predicted molar refractivity (Wildman–Crippen MR) is 53.6 cm³/mol. The summed E-state index contributed by atoms with van der Waals surface area (Å²) in [5.41, 5.74) is 0.816. The van der Waals surface area contributed by atoms with Crippen molar-refractivity contribution in [3.8, 4) is 6.07 Å². The van der Waals surface area contributed by atoms with E-state index in [1.807, 2.05) is 36.4 Å². The van der Waals surface area contributed by atoms with Crippen molar-refractivity contribution in [2.45, 2.75) is 30.8 Å². The number of aliphatic hydroxyl groups excluding tert-OH is 1. The van der Waals surface area contributed by atoms with E-state index < -0.39 is 6.10 Å². The van der Waals surface area contributed by atoms with Crippen LogP contribution in [0.1, 0.15) is 24.8 Å². The first kappa shape index (κ1) is 9.23. The van der Waals surface area contributed by atoms with Crippen LogP contribution in [0, 0.1) is 11.3 Å². The Hall–Kier alpha value is -1.33. The number of aliphatic hydroxyl groups is 1. The minimum absolute atomic E-state index is 0.282. The van der Waals surface area contributed by atoms with Crippen molar-refractivity contribution < 1.29 is 5.11 Å². The molecular formula is C12H13NO. The lowest BCUT2D eigenvalue weighted by atomic mass is 9.61. The molecule has 2 nitrogen and oxygen atoms in total. The molecule has 2 heteroatoms. The Kier molecular flexibility index (Phi) is 2.26. The maximum atomic E-state index is 9.72. The Morgan fingerprint density at radius 3 is 2.36 bits per heavy atom. The number of benzene rings is 1. The van der Waals surface area contributed by atoms with Gasteiger partial charge in [-0.25, -0.2) is 0 Å². The van der Waals surface area contributed by atoms with Gasteiger partial charge in [-0.2, -0.15) is 5.26 Å². The summed E-state index contributed by atoms with van der Waals surface area (Å²) in [7, 11) is 0. The summed E-state index contributed by atoms with van der Waals surface area (Å²) in [5, 5.41) is 18.5. The summed E-state index contributed by atoms with van der Waals surface area (Å²) in [5.74, 6) is 0. The summed E-state index contributed by atoms with van der Waals surface area (Å²) < 4.78 is 0. The van der Waals surface area contributed by atoms with Crippen molar-refractivity contribution in [3.63, 3.8) is 0 Å². The first-order chi connectivity index (χ1) is 6.79. The highest BCUT2D eigenvalue weighted by Crippen LogP contribution is 2.46. The molecule has 0 radical (unpaired) electrons. The van der Waals surface area contributed by atoms with Crippen LogP contribution in [0.25, 0.3) is 0 Å². The van der Waals surface area contributed by atoms with Crippen molar-refractivity contribution in [1.82, 2.24) is 0 Å². The third-order valence-electron chi connectivity index (χ3n) is 3.24. The maximum Gasteiger partial charge on any atom is 0.150 e. The van der Waals surface area contributed by atoms with Gasteiger partial charge < -0.3 is 5.11 Å². The molecule has 1 atom stereocenters. The average Bonchev–Trinajstić information content (AvgIpc) is 2.17. The van der Waals surface area contributed by atoms with Gasteiger partial charge in [-0.05, 0) is 18.4 Å². The molecule has 72 valence electrons. The fourth-order valence-corrected chi connectivity index (χ4v) is 2.17. The van der Waals surface area contributed by atoms with Crippen LogP contribution >= 0.6 is 0 Å². The quantitative estimate of drug-likeness (QED) is 0.719. The van der Waals surface area contributed by atoms with Gasteiger partial charge in [-0.3, -0.25) is 0 Å². The Labute approximate surface area is 83.8 Å². The van der Waals surface area contributed by atoms with E-state index in [2.05, 4.69) is 0 Å². The molecule has 0 bridgehead atoms. The van der Waals surface area contributed by atoms with Crippen molar-refractivity contribution in [2.24, 2.45) is 0 Å². The highest BCUT2D eigenvalue weighted by atomic mass is 16.3. The second kappa shape index (κ2) is 3.43. The Bertz CT molecular complexity index is 348. The summed E-state index contributed by atoms with van der Waals surface area (Å²) >= 11 is 0. The standard InChI is InChI=1S/C12H13NO/c13-9-11(14)12(7-4-8-12)10-5-2-1-3-6-10/h1-3,5-6,11,14H,4,7-8H2. The Morgan fingerprint density at radius 2 is 1.93 bits per heavy atom. The van der Waals surface area contributed by atoms with Gasteiger partial charge in [0, 0.05) is 5.41 Å². The van der Waals surface area contributed by atoms with Crippen LogP contribution < -0.4 is 0 Å². The van der Waals surface area contributed by atoms with Gasteiger partial charge in [-0.1, -0.05) is 36.8 Å². The monoisotopic (exact) mass is 187 g/mol. The van der Waals surface area contributed by atoms with Crippen LogP contribution in [-0.4, -0.2) is 11.2 Å². The summed E-state index contributed by atoms with van der Waals surface area (Å²) in [6.45, 7) is 0. The van der Waals surface area contributed by atoms with E-state index in [1.165, 1.54) is 0 Å². The third-order valence-corrected chi connectivity index (χ3v) is 3.24. The second-order valence-electron chi connectivity index (χ2n) is 3.91. The molecule has 0 amide bonds. The van der Waals surface area contributed by atoms with E-state index in [-0.39, 0.29) is 5.41 Å². The van der Waals surface area contributed by atoms with Gasteiger partial charge in [-0.15, -0.1) is 0 Å². The fourth-order valence-electron chi connectivity index (χ4n) is 2.17. The molecule has 14 heavy (non-hydrogen) atoms. The summed E-state index contributed by atoms with van der Waals surface area (Å²) in [4.78, 5) is 0. The van der Waals surface area contributed by atoms with Crippen LogP contribution in [0.5, 0.6) is 0 Å². The molecule has 0 spiro atoms. The molecule has 1 aliphatic rings. The third kappa shape index (κ3) is 1.21. The summed E-state index contributed by atoms with van der Waals surface area (Å²) in [6.07, 6.45) is 2.09. The highest BCUT2D eigenvalue weighted by molar-refractivity contribution is 5.31. The lowest BCUT2D eigenvalue weighted by Gasteiger charge is -2.43. The minimum Gasteiger partial charge on any atom is -0.377 e. The van der Waals surface area contributed by atoms with Gasteiger partial charge in [0.1, 0.15) is 6.10 Å². The Balaban J connectivity index is 2.35. The smallest absolute Gasteiger partial charge is 0.150 e. The zero-order valence-corrected chi connectivity index (χ0v) is 7.98. The van der Waals surface area contributed by atoms with Gasteiger partial charge in [0.2, 0.25) is 0 Å². The number of hydrogen-bond donors (Lipinski definition) is 1. The lowest BCUT2D eigenvalue weighted by molar-refractivity contribution is 0.0681. The van der Waals surface area contributed by atoms with Crippen molar-refractivity contribution >= 4 is 0 Å². The molecule has 1 saturated carbocycles. The molecule has 0 heterocycles. The summed E-state index contributed by atoms with van der Waals surface area (Å²) in [6, 6.07) is 11.8. The molecule has 1 aliphatic carbocycles. The van der Waals surface area contributed by atoms with Crippen LogP contribution in [0.2, 0.25) is 0 Å². The number of hydrogen-bond acceptors (Lipinski definition) is 2. The molecule has 1 unspecified atom stereocenters. The SMILES string of the molecule is N#CC(O)C1(c2ccccc2)CCC1. The molecule has 0 aliphatic heterocycles. The molecule has 1 fully saturated rings. The number of nitrogens with zero attached hydrogens (tertiary/aromatic N) is 1. The Morgan fingerprint density at radius 1 is 1.29 bits per heavy atom. The molecule has 1 aromatic carbocycles.